The Balaban J connectivity index is 2.47. The zero-order valence-corrected chi connectivity index (χ0v) is 8.49. The minimum Gasteiger partial charge on any atom is -0.341 e. The maximum absolute atomic E-state index is 4.56. The van der Waals surface area contributed by atoms with Gasteiger partial charge in [0.05, 0.1) is 22.7 Å². The summed E-state index contributed by atoms with van der Waals surface area (Å²) in [7, 11) is 0. The van der Waals surface area contributed by atoms with E-state index in [1.165, 1.54) is 0 Å². The number of nitrogens with zero attached hydrogens (tertiary/aromatic N) is 2. The van der Waals surface area contributed by atoms with E-state index in [9.17, 15) is 0 Å². The molecular weight excluding hydrogens is 186 g/mol. The molecule has 1 aromatic carbocycles. The number of benzene rings is 1. The molecule has 0 atom stereocenters. The summed E-state index contributed by atoms with van der Waals surface area (Å²) in [6.07, 6.45) is 2.77. The van der Waals surface area contributed by atoms with Crippen LogP contribution in [0, 0.1) is 0 Å². The van der Waals surface area contributed by atoms with Crippen LogP contribution in [0.15, 0.2) is 30.5 Å². The highest BCUT2D eigenvalue weighted by Crippen LogP contribution is 2.21. The Morgan fingerprint density at radius 1 is 1.27 bits per heavy atom. The monoisotopic (exact) mass is 197 g/mol. The molecule has 3 aromatic rings. The summed E-state index contributed by atoms with van der Waals surface area (Å²) in [4.78, 5) is 12.2. The van der Waals surface area contributed by atoms with Crippen molar-refractivity contribution in [2.24, 2.45) is 0 Å². The average Bonchev–Trinajstić information content (AvgIpc) is 2.72. The fourth-order valence-electron chi connectivity index (χ4n) is 1.82. The van der Waals surface area contributed by atoms with E-state index in [2.05, 4.69) is 27.9 Å². The van der Waals surface area contributed by atoms with Gasteiger partial charge in [0.25, 0.3) is 0 Å². The third kappa shape index (κ3) is 1.20. The van der Waals surface area contributed by atoms with E-state index in [1.54, 1.807) is 0 Å². The molecule has 0 spiro atoms. The zero-order chi connectivity index (χ0) is 10.3. The molecule has 0 radical (unpaired) electrons. The van der Waals surface area contributed by atoms with Gasteiger partial charge in [0.1, 0.15) is 5.82 Å². The predicted molar refractivity (Wildman–Crippen MR) is 60.8 cm³/mol. The molecule has 2 heterocycles. The molecule has 2 aromatic heterocycles. The lowest BCUT2D eigenvalue weighted by atomic mass is 10.2. The molecule has 0 aliphatic rings. The minimum atomic E-state index is 0.920. The molecule has 0 aliphatic heterocycles. The third-order valence-electron chi connectivity index (χ3n) is 2.61. The van der Waals surface area contributed by atoms with Gasteiger partial charge >= 0.3 is 0 Å². The van der Waals surface area contributed by atoms with Crippen LogP contribution in [-0.4, -0.2) is 15.0 Å². The Kier molecular flexibility index (Phi) is 1.71. The van der Waals surface area contributed by atoms with Gasteiger partial charge in [-0.1, -0.05) is 25.1 Å². The van der Waals surface area contributed by atoms with Crippen LogP contribution in [0.25, 0.3) is 21.9 Å². The first kappa shape index (κ1) is 8.41. The van der Waals surface area contributed by atoms with Gasteiger partial charge in [-0.25, -0.2) is 4.98 Å². The highest BCUT2D eigenvalue weighted by atomic mass is 14.9. The van der Waals surface area contributed by atoms with E-state index < -0.39 is 0 Å². The smallest absolute Gasteiger partial charge is 0.107 e. The van der Waals surface area contributed by atoms with E-state index in [4.69, 9.17) is 0 Å². The molecule has 0 saturated heterocycles. The van der Waals surface area contributed by atoms with Crippen LogP contribution in [0.1, 0.15) is 12.7 Å². The molecule has 0 aliphatic carbocycles. The lowest BCUT2D eigenvalue weighted by molar-refractivity contribution is 1.00. The van der Waals surface area contributed by atoms with Gasteiger partial charge in [0.2, 0.25) is 0 Å². The fourth-order valence-corrected chi connectivity index (χ4v) is 1.82. The van der Waals surface area contributed by atoms with Gasteiger partial charge < -0.3 is 4.98 Å². The Bertz CT molecular complexity index is 625. The molecule has 0 saturated carbocycles. The van der Waals surface area contributed by atoms with Crippen molar-refractivity contribution >= 4 is 21.9 Å². The van der Waals surface area contributed by atoms with Crippen molar-refractivity contribution in [3.05, 3.63) is 36.3 Å². The summed E-state index contributed by atoms with van der Waals surface area (Å²) in [6.45, 7) is 2.09. The number of nitrogens with one attached hydrogen (secondary N) is 1. The molecule has 0 amide bonds. The van der Waals surface area contributed by atoms with Crippen LogP contribution in [-0.2, 0) is 6.42 Å². The SMILES string of the molecule is CCc1nc2c(cnc3ccccc32)[nH]1. The van der Waals surface area contributed by atoms with Crippen LogP contribution >= 0.6 is 0 Å². The Morgan fingerprint density at radius 2 is 2.13 bits per heavy atom. The second kappa shape index (κ2) is 3.05. The summed E-state index contributed by atoms with van der Waals surface area (Å²) in [5.41, 5.74) is 3.04. The number of rotatable bonds is 1. The van der Waals surface area contributed by atoms with Crippen LogP contribution in [0.3, 0.4) is 0 Å². The van der Waals surface area contributed by atoms with Crippen LogP contribution in [0.5, 0.6) is 0 Å². The zero-order valence-electron chi connectivity index (χ0n) is 8.49. The average molecular weight is 197 g/mol. The summed E-state index contributed by atoms with van der Waals surface area (Å²) in [5.74, 6) is 1.02. The first-order valence-corrected chi connectivity index (χ1v) is 5.11. The van der Waals surface area contributed by atoms with Gasteiger partial charge in [-0.05, 0) is 6.07 Å². The fraction of sp³-hybridized carbons (Fsp3) is 0.167. The second-order valence-corrected chi connectivity index (χ2v) is 3.57. The molecule has 0 unspecified atom stereocenters. The number of imidazole rings is 1. The first-order chi connectivity index (χ1) is 7.38. The Morgan fingerprint density at radius 3 is 3.00 bits per heavy atom. The summed E-state index contributed by atoms with van der Waals surface area (Å²) < 4.78 is 0. The van der Waals surface area contributed by atoms with Gasteiger partial charge in [0, 0.05) is 11.8 Å². The van der Waals surface area contributed by atoms with Crippen molar-refractivity contribution in [3.8, 4) is 0 Å². The minimum absolute atomic E-state index is 0.920. The van der Waals surface area contributed by atoms with Crippen molar-refractivity contribution in [2.75, 3.05) is 0 Å². The van der Waals surface area contributed by atoms with Crippen LogP contribution in [0.4, 0.5) is 0 Å². The number of H-pyrrole nitrogens is 1. The summed E-state index contributed by atoms with van der Waals surface area (Å²) in [6, 6.07) is 8.08. The lowest BCUT2D eigenvalue weighted by Crippen LogP contribution is -1.80. The number of fused-ring (bicyclic) bond motifs is 3. The van der Waals surface area contributed by atoms with E-state index in [0.29, 0.717) is 0 Å². The molecule has 0 fully saturated rings. The third-order valence-corrected chi connectivity index (χ3v) is 2.61. The normalized spacial score (nSPS) is 11.3. The summed E-state index contributed by atoms with van der Waals surface area (Å²) >= 11 is 0. The van der Waals surface area contributed by atoms with Crippen molar-refractivity contribution < 1.29 is 0 Å². The van der Waals surface area contributed by atoms with Gasteiger partial charge in [-0.3, -0.25) is 4.98 Å². The number of aryl methyl sites for hydroxylation is 1. The first-order valence-electron chi connectivity index (χ1n) is 5.11. The molecule has 3 rings (SSSR count). The largest absolute Gasteiger partial charge is 0.341 e. The van der Waals surface area contributed by atoms with E-state index in [-0.39, 0.29) is 0 Å². The molecule has 74 valence electrons. The van der Waals surface area contributed by atoms with E-state index in [1.807, 2.05) is 24.4 Å². The van der Waals surface area contributed by atoms with E-state index in [0.717, 1.165) is 34.2 Å². The number of para-hydroxylation sites is 1. The predicted octanol–water partition coefficient (Wildman–Crippen LogP) is 2.67. The van der Waals surface area contributed by atoms with Gasteiger partial charge in [0.15, 0.2) is 0 Å². The maximum atomic E-state index is 4.56. The number of hydrogen-bond acceptors (Lipinski definition) is 2. The summed E-state index contributed by atoms with van der Waals surface area (Å²) in [5, 5.41) is 1.12. The second-order valence-electron chi connectivity index (χ2n) is 3.57. The van der Waals surface area contributed by atoms with Crippen LogP contribution < -0.4 is 0 Å². The highest BCUT2D eigenvalue weighted by Gasteiger charge is 2.05. The number of aromatic amines is 1. The molecule has 3 nitrogen and oxygen atoms in total. The van der Waals surface area contributed by atoms with Crippen molar-refractivity contribution in [3.63, 3.8) is 0 Å². The van der Waals surface area contributed by atoms with Crippen LogP contribution in [0.2, 0.25) is 0 Å². The van der Waals surface area contributed by atoms with Crippen molar-refractivity contribution in [2.45, 2.75) is 13.3 Å². The number of hydrogen-bond donors (Lipinski definition) is 1. The van der Waals surface area contributed by atoms with Crippen molar-refractivity contribution in [1.29, 1.82) is 0 Å². The lowest BCUT2D eigenvalue weighted by Gasteiger charge is -1.95. The molecular formula is C12H11N3. The van der Waals surface area contributed by atoms with E-state index >= 15 is 0 Å². The molecule has 1 N–H and O–H groups in total. The van der Waals surface area contributed by atoms with Crippen molar-refractivity contribution in [1.82, 2.24) is 15.0 Å². The molecule has 15 heavy (non-hydrogen) atoms. The van der Waals surface area contributed by atoms with Gasteiger partial charge in [-0.2, -0.15) is 0 Å². The highest BCUT2D eigenvalue weighted by molar-refractivity contribution is 6.01. The quantitative estimate of drug-likeness (QED) is 0.651. The standard InChI is InChI=1S/C12H11N3/c1-2-11-14-10-7-13-9-6-4-3-5-8(9)12(10)15-11/h3-7H,2H2,1H3,(H,14,15). The maximum Gasteiger partial charge on any atom is 0.107 e. The molecule has 3 heteroatoms. The topological polar surface area (TPSA) is 41.6 Å². The Labute approximate surface area is 87.2 Å². The Hall–Kier alpha value is -1.90. The number of aromatic nitrogens is 3. The van der Waals surface area contributed by atoms with Gasteiger partial charge in [-0.15, -0.1) is 0 Å². The molecule has 0 bridgehead atoms. The number of pyridine rings is 1.